The highest BCUT2D eigenvalue weighted by atomic mass is 35.5. The van der Waals surface area contributed by atoms with Crippen molar-refractivity contribution in [1.82, 2.24) is 15.3 Å². The van der Waals surface area contributed by atoms with Gasteiger partial charge in [-0.25, -0.2) is 4.98 Å². The molecule has 0 aliphatic carbocycles. The number of nitrogens with one attached hydrogen (secondary N) is 2. The van der Waals surface area contributed by atoms with Crippen molar-refractivity contribution in [2.45, 2.75) is 25.8 Å². The van der Waals surface area contributed by atoms with Gasteiger partial charge < -0.3 is 20.0 Å². The molecule has 0 amide bonds. The van der Waals surface area contributed by atoms with Crippen LogP contribution in [0.2, 0.25) is 5.15 Å². The maximum absolute atomic E-state index is 6.19. The minimum Gasteiger partial charge on any atom is -0.459 e. The topological polar surface area (TPSA) is 66.2 Å². The normalized spacial score (nSPS) is 13.9. The predicted octanol–water partition coefficient (Wildman–Crippen LogP) is 4.87. The molecule has 1 fully saturated rings. The van der Waals surface area contributed by atoms with Gasteiger partial charge in [0.15, 0.2) is 5.11 Å². The van der Waals surface area contributed by atoms with Gasteiger partial charge >= 0.3 is 0 Å². The summed E-state index contributed by atoms with van der Waals surface area (Å²) < 4.78 is 5.88. The number of hydrogen-bond acceptors (Lipinski definition) is 5. The predicted molar refractivity (Wildman–Crippen MR) is 120 cm³/mol. The van der Waals surface area contributed by atoms with Gasteiger partial charge in [0, 0.05) is 24.7 Å². The fourth-order valence-corrected chi connectivity index (χ4v) is 3.63. The number of anilines is 2. The zero-order valence-corrected chi connectivity index (χ0v) is 17.5. The summed E-state index contributed by atoms with van der Waals surface area (Å²) in [5, 5.41) is 6.94. The maximum atomic E-state index is 6.19. The van der Waals surface area contributed by atoms with Gasteiger partial charge in [0.25, 0.3) is 0 Å². The van der Waals surface area contributed by atoms with Crippen LogP contribution < -0.4 is 15.5 Å². The third kappa shape index (κ3) is 5.25. The lowest BCUT2D eigenvalue weighted by Gasteiger charge is -2.27. The molecule has 1 saturated heterocycles. The molecule has 6 nitrogen and oxygen atoms in total. The Morgan fingerprint density at radius 1 is 1.07 bits per heavy atom. The van der Waals surface area contributed by atoms with Crippen molar-refractivity contribution >= 4 is 40.7 Å². The van der Waals surface area contributed by atoms with Crippen molar-refractivity contribution in [3.8, 4) is 11.3 Å². The molecule has 0 saturated carbocycles. The number of thiocarbonyl (C=S) groups is 1. The third-order valence-electron chi connectivity index (χ3n) is 4.73. The highest BCUT2D eigenvalue weighted by molar-refractivity contribution is 7.80. The summed E-state index contributed by atoms with van der Waals surface area (Å²) in [6.07, 6.45) is 3.59. The second-order valence-electron chi connectivity index (χ2n) is 6.86. The van der Waals surface area contributed by atoms with E-state index in [0.717, 1.165) is 36.0 Å². The number of piperidine rings is 1. The van der Waals surface area contributed by atoms with Crippen LogP contribution in [0.25, 0.3) is 11.3 Å². The molecule has 3 aromatic rings. The van der Waals surface area contributed by atoms with Crippen molar-refractivity contribution in [3.63, 3.8) is 0 Å². The first kappa shape index (κ1) is 19.7. The Kier molecular flexibility index (Phi) is 6.27. The Bertz CT molecular complexity index is 972. The van der Waals surface area contributed by atoms with Gasteiger partial charge in [0.2, 0.25) is 5.95 Å². The maximum Gasteiger partial charge on any atom is 0.232 e. The number of nitrogens with zero attached hydrogens (tertiary/aromatic N) is 3. The van der Waals surface area contributed by atoms with Gasteiger partial charge in [-0.15, -0.1) is 0 Å². The number of rotatable bonds is 5. The van der Waals surface area contributed by atoms with Gasteiger partial charge in [-0.1, -0.05) is 41.9 Å². The van der Waals surface area contributed by atoms with E-state index in [2.05, 4.69) is 25.5 Å². The van der Waals surface area contributed by atoms with Crippen LogP contribution in [0.1, 0.15) is 25.0 Å². The largest absolute Gasteiger partial charge is 0.459 e. The molecule has 150 valence electrons. The monoisotopic (exact) mass is 427 g/mol. The molecule has 2 N–H and O–H groups in total. The molecule has 4 rings (SSSR count). The average Bonchev–Trinajstić information content (AvgIpc) is 3.22. The summed E-state index contributed by atoms with van der Waals surface area (Å²) in [6, 6.07) is 15.7. The average molecular weight is 428 g/mol. The quantitative estimate of drug-likeness (QED) is 0.445. The number of benzene rings is 1. The van der Waals surface area contributed by atoms with E-state index in [4.69, 9.17) is 28.2 Å². The van der Waals surface area contributed by atoms with Gasteiger partial charge in [-0.05, 0) is 43.6 Å². The van der Waals surface area contributed by atoms with Crippen molar-refractivity contribution in [3.05, 3.63) is 59.4 Å². The van der Waals surface area contributed by atoms with Crippen LogP contribution in [-0.4, -0.2) is 28.2 Å². The molecule has 0 atom stereocenters. The van der Waals surface area contributed by atoms with Gasteiger partial charge in [0.05, 0.1) is 6.54 Å². The van der Waals surface area contributed by atoms with E-state index in [-0.39, 0.29) is 0 Å². The molecule has 1 aromatic carbocycles. The van der Waals surface area contributed by atoms with Crippen LogP contribution in [0.4, 0.5) is 11.8 Å². The Morgan fingerprint density at radius 3 is 2.66 bits per heavy atom. The first-order valence-electron chi connectivity index (χ1n) is 9.66. The fraction of sp³-hybridized carbons (Fsp3) is 0.286. The van der Waals surface area contributed by atoms with Crippen LogP contribution in [0.15, 0.2) is 52.9 Å². The Hall–Kier alpha value is -2.64. The molecule has 0 bridgehead atoms. The molecule has 1 aliphatic heterocycles. The SMILES string of the molecule is S=C(NCc1ccc(-c2ccccc2)o1)Nc1nc(Cl)cc(N2CCCCC2)n1. The lowest BCUT2D eigenvalue weighted by molar-refractivity contribution is 0.516. The summed E-state index contributed by atoms with van der Waals surface area (Å²) >= 11 is 11.6. The van der Waals surface area contributed by atoms with Gasteiger partial charge in [-0.3, -0.25) is 0 Å². The van der Waals surface area contributed by atoms with E-state index >= 15 is 0 Å². The smallest absolute Gasteiger partial charge is 0.232 e. The van der Waals surface area contributed by atoms with Crippen LogP contribution in [0.5, 0.6) is 0 Å². The molecule has 8 heteroatoms. The van der Waals surface area contributed by atoms with Gasteiger partial charge in [-0.2, -0.15) is 4.98 Å². The minimum atomic E-state index is 0.389. The first-order chi connectivity index (χ1) is 14.2. The number of furan rings is 1. The summed E-state index contributed by atoms with van der Waals surface area (Å²) in [7, 11) is 0. The number of halogens is 1. The molecule has 1 aliphatic rings. The van der Waals surface area contributed by atoms with Crippen molar-refractivity contribution in [1.29, 1.82) is 0 Å². The van der Waals surface area contributed by atoms with E-state index in [9.17, 15) is 0 Å². The van der Waals surface area contributed by atoms with E-state index < -0.39 is 0 Å². The Morgan fingerprint density at radius 2 is 1.86 bits per heavy atom. The zero-order chi connectivity index (χ0) is 20.1. The first-order valence-corrected chi connectivity index (χ1v) is 10.4. The Labute approximate surface area is 180 Å². The van der Waals surface area contributed by atoms with E-state index in [1.54, 1.807) is 6.07 Å². The molecule has 2 aromatic heterocycles. The van der Waals surface area contributed by atoms with Crippen molar-refractivity contribution in [2.75, 3.05) is 23.3 Å². The van der Waals surface area contributed by atoms with Crippen molar-refractivity contribution in [2.24, 2.45) is 0 Å². The summed E-state index contributed by atoms with van der Waals surface area (Å²) in [6.45, 7) is 2.42. The van der Waals surface area contributed by atoms with Crippen LogP contribution >= 0.6 is 23.8 Å². The number of aromatic nitrogens is 2. The highest BCUT2D eigenvalue weighted by Crippen LogP contribution is 2.23. The van der Waals surface area contributed by atoms with Gasteiger partial charge in [0.1, 0.15) is 22.5 Å². The second kappa shape index (κ2) is 9.24. The molecule has 3 heterocycles. The Balaban J connectivity index is 1.35. The van der Waals surface area contributed by atoms with E-state index in [0.29, 0.717) is 22.8 Å². The second-order valence-corrected chi connectivity index (χ2v) is 7.66. The summed E-state index contributed by atoms with van der Waals surface area (Å²) in [5.41, 5.74) is 1.04. The van der Waals surface area contributed by atoms with Crippen LogP contribution in [0, 0.1) is 0 Å². The van der Waals surface area contributed by atoms with Crippen LogP contribution in [0.3, 0.4) is 0 Å². The molecular weight excluding hydrogens is 406 g/mol. The van der Waals surface area contributed by atoms with E-state index in [1.807, 2.05) is 42.5 Å². The highest BCUT2D eigenvalue weighted by Gasteiger charge is 2.15. The summed E-state index contributed by atoms with van der Waals surface area (Å²) in [4.78, 5) is 11.0. The lowest BCUT2D eigenvalue weighted by atomic mass is 10.1. The van der Waals surface area contributed by atoms with E-state index in [1.165, 1.54) is 19.3 Å². The van der Waals surface area contributed by atoms with Crippen molar-refractivity contribution < 1.29 is 4.42 Å². The molecule has 0 spiro atoms. The molecule has 0 radical (unpaired) electrons. The molecular formula is C21H22ClN5OS. The lowest BCUT2D eigenvalue weighted by Crippen LogP contribution is -2.31. The molecule has 29 heavy (non-hydrogen) atoms. The minimum absolute atomic E-state index is 0.389. The third-order valence-corrected chi connectivity index (χ3v) is 5.17. The van der Waals surface area contributed by atoms with Crippen LogP contribution in [-0.2, 0) is 6.54 Å². The standard InChI is InChI=1S/C21H22ClN5OS/c22-18-13-19(27-11-5-2-6-12-27)25-20(24-18)26-21(29)23-14-16-9-10-17(28-16)15-7-3-1-4-8-15/h1,3-4,7-10,13H,2,5-6,11-12,14H2,(H2,23,24,25,26,29). The summed E-state index contributed by atoms with van der Waals surface area (Å²) in [5.74, 6) is 2.83. The fourth-order valence-electron chi connectivity index (χ4n) is 3.29. The molecule has 0 unspecified atom stereocenters. The number of hydrogen-bond donors (Lipinski definition) is 2. The zero-order valence-electron chi connectivity index (χ0n) is 15.9.